The summed E-state index contributed by atoms with van der Waals surface area (Å²) in [7, 11) is 0. The lowest BCUT2D eigenvalue weighted by Gasteiger charge is -2.60. The molecule has 1 N–H and O–H groups in total. The Kier molecular flexibility index (Phi) is 6.11. The van der Waals surface area contributed by atoms with E-state index in [0.717, 1.165) is 45.1 Å². The SMILES string of the molecule is CC1C=C(Cl)C(n2nc(C(=O)NCC3CCC4CC3C4(C)C)c3c2-c2ccc(Br)cc2OCC3)=CC1. The number of hydrogen-bond acceptors (Lipinski definition) is 3. The van der Waals surface area contributed by atoms with Crippen LogP contribution in [0.5, 0.6) is 5.75 Å². The lowest BCUT2D eigenvalue weighted by molar-refractivity contribution is -0.103. The lowest BCUT2D eigenvalue weighted by Crippen LogP contribution is -2.54. The Labute approximate surface area is 226 Å². The number of hydrogen-bond donors (Lipinski definition) is 1. The van der Waals surface area contributed by atoms with Crippen molar-refractivity contribution in [2.45, 2.75) is 52.9 Å². The molecule has 5 nitrogen and oxygen atoms in total. The van der Waals surface area contributed by atoms with E-state index in [4.69, 9.17) is 21.4 Å². The van der Waals surface area contributed by atoms with Crippen molar-refractivity contribution in [3.8, 4) is 17.0 Å². The molecule has 1 aliphatic heterocycles. The Balaban J connectivity index is 1.37. The molecule has 2 heterocycles. The summed E-state index contributed by atoms with van der Waals surface area (Å²) in [5.74, 6) is 3.14. The lowest BCUT2D eigenvalue weighted by atomic mass is 9.45. The number of benzene rings is 1. The maximum atomic E-state index is 13.6. The number of nitrogens with one attached hydrogen (secondary N) is 1. The van der Waals surface area contributed by atoms with E-state index in [2.05, 4.69) is 54.2 Å². The van der Waals surface area contributed by atoms with Gasteiger partial charge in [0.25, 0.3) is 5.91 Å². The van der Waals surface area contributed by atoms with E-state index >= 15 is 0 Å². The van der Waals surface area contributed by atoms with Crippen LogP contribution in [0.1, 0.15) is 62.5 Å². The largest absolute Gasteiger partial charge is 0.492 e. The quantitative estimate of drug-likeness (QED) is 0.428. The van der Waals surface area contributed by atoms with Crippen molar-refractivity contribution in [3.63, 3.8) is 0 Å². The molecule has 2 bridgehead atoms. The zero-order valence-electron chi connectivity index (χ0n) is 21.1. The molecule has 5 aliphatic rings. The van der Waals surface area contributed by atoms with Gasteiger partial charge in [-0.15, -0.1) is 0 Å². The molecule has 0 radical (unpaired) electrons. The van der Waals surface area contributed by atoms with Gasteiger partial charge in [-0.25, -0.2) is 4.68 Å². The van der Waals surface area contributed by atoms with Crippen LogP contribution in [0.2, 0.25) is 0 Å². The van der Waals surface area contributed by atoms with Crippen molar-refractivity contribution < 1.29 is 9.53 Å². The summed E-state index contributed by atoms with van der Waals surface area (Å²) in [5.41, 5.74) is 4.45. The van der Waals surface area contributed by atoms with Gasteiger partial charge in [0.05, 0.1) is 23.0 Å². The zero-order valence-corrected chi connectivity index (χ0v) is 23.5. The number of carbonyl (C=O) groups is 1. The van der Waals surface area contributed by atoms with Gasteiger partial charge < -0.3 is 10.1 Å². The summed E-state index contributed by atoms with van der Waals surface area (Å²) in [6.07, 6.45) is 9.46. The summed E-state index contributed by atoms with van der Waals surface area (Å²) in [6, 6.07) is 6.01. The first-order chi connectivity index (χ1) is 17.2. The highest BCUT2D eigenvalue weighted by molar-refractivity contribution is 9.10. The first-order valence-corrected chi connectivity index (χ1v) is 14.3. The highest BCUT2D eigenvalue weighted by Gasteiger charge is 2.54. The minimum Gasteiger partial charge on any atom is -0.492 e. The predicted octanol–water partition coefficient (Wildman–Crippen LogP) is 7.05. The average Bonchev–Trinajstić information content (AvgIpc) is 3.11. The molecular formula is C29H33BrClN3O2. The molecule has 1 aromatic heterocycles. The maximum absolute atomic E-state index is 13.6. The van der Waals surface area contributed by atoms with Crippen LogP contribution in [0, 0.1) is 29.1 Å². The highest BCUT2D eigenvalue weighted by atomic mass is 79.9. The Morgan fingerprint density at radius 1 is 1.33 bits per heavy atom. The number of aromatic nitrogens is 2. The van der Waals surface area contributed by atoms with Crippen LogP contribution in [0.15, 0.2) is 39.9 Å². The zero-order chi connectivity index (χ0) is 25.2. The second kappa shape index (κ2) is 9.05. The Hall–Kier alpha value is -2.05. The fraction of sp³-hybridized carbons (Fsp3) is 0.517. The molecule has 36 heavy (non-hydrogen) atoms. The first-order valence-electron chi connectivity index (χ1n) is 13.1. The van der Waals surface area contributed by atoms with Crippen LogP contribution in [-0.4, -0.2) is 28.8 Å². The smallest absolute Gasteiger partial charge is 0.272 e. The van der Waals surface area contributed by atoms with Crippen molar-refractivity contribution in [2.24, 2.45) is 29.1 Å². The van der Waals surface area contributed by atoms with Crippen molar-refractivity contribution >= 4 is 39.1 Å². The minimum atomic E-state index is -0.102. The van der Waals surface area contributed by atoms with Gasteiger partial charge in [0.15, 0.2) is 5.69 Å². The number of fused-ring (bicyclic) bond motifs is 5. The van der Waals surface area contributed by atoms with Gasteiger partial charge in [0.1, 0.15) is 5.75 Å². The molecule has 0 saturated heterocycles. The summed E-state index contributed by atoms with van der Waals surface area (Å²) in [4.78, 5) is 13.6. The maximum Gasteiger partial charge on any atom is 0.272 e. The third-order valence-electron chi connectivity index (χ3n) is 9.12. The fourth-order valence-electron chi connectivity index (χ4n) is 6.90. The molecular weight excluding hydrogens is 538 g/mol. The molecule has 7 heteroatoms. The van der Waals surface area contributed by atoms with Gasteiger partial charge in [-0.3, -0.25) is 4.79 Å². The number of nitrogens with zero attached hydrogens (tertiary/aromatic N) is 2. The van der Waals surface area contributed by atoms with Crippen molar-refractivity contribution in [1.29, 1.82) is 0 Å². The number of ether oxygens (including phenoxy) is 1. The molecule has 2 aromatic rings. The average molecular weight is 571 g/mol. The molecule has 4 aliphatic carbocycles. The van der Waals surface area contributed by atoms with E-state index < -0.39 is 0 Å². The normalized spacial score (nSPS) is 27.9. The molecule has 7 rings (SSSR count). The van der Waals surface area contributed by atoms with Crippen LogP contribution in [0.3, 0.4) is 0 Å². The van der Waals surface area contributed by atoms with Crippen LogP contribution < -0.4 is 10.1 Å². The van der Waals surface area contributed by atoms with E-state index in [1.165, 1.54) is 19.3 Å². The predicted molar refractivity (Wildman–Crippen MR) is 147 cm³/mol. The van der Waals surface area contributed by atoms with E-state index in [-0.39, 0.29) is 5.91 Å². The van der Waals surface area contributed by atoms with Gasteiger partial charge in [-0.2, -0.15) is 5.10 Å². The van der Waals surface area contributed by atoms with Crippen molar-refractivity contribution in [1.82, 2.24) is 15.1 Å². The van der Waals surface area contributed by atoms with Gasteiger partial charge in [0.2, 0.25) is 0 Å². The molecule has 0 spiro atoms. The molecule has 190 valence electrons. The number of rotatable bonds is 4. The second-order valence-electron chi connectivity index (χ2n) is 11.6. The Morgan fingerprint density at radius 3 is 2.92 bits per heavy atom. The monoisotopic (exact) mass is 569 g/mol. The van der Waals surface area contributed by atoms with E-state index in [1.54, 1.807) is 0 Å². The summed E-state index contributed by atoms with van der Waals surface area (Å²) >= 11 is 10.3. The molecule has 1 amide bonds. The molecule has 1 aromatic carbocycles. The third kappa shape index (κ3) is 3.96. The topological polar surface area (TPSA) is 56.2 Å². The number of amides is 1. The molecule has 4 unspecified atom stereocenters. The van der Waals surface area contributed by atoms with Gasteiger partial charge >= 0.3 is 0 Å². The van der Waals surface area contributed by atoms with Gasteiger partial charge in [0, 0.05) is 28.6 Å². The highest BCUT2D eigenvalue weighted by Crippen LogP contribution is 2.61. The van der Waals surface area contributed by atoms with Crippen LogP contribution in [0.4, 0.5) is 0 Å². The van der Waals surface area contributed by atoms with Gasteiger partial charge in [-0.05, 0) is 73.0 Å². The van der Waals surface area contributed by atoms with Gasteiger partial charge in [-0.1, -0.05) is 60.5 Å². The molecule has 3 saturated carbocycles. The third-order valence-corrected chi connectivity index (χ3v) is 9.93. The van der Waals surface area contributed by atoms with Crippen LogP contribution in [0.25, 0.3) is 17.0 Å². The summed E-state index contributed by atoms with van der Waals surface area (Å²) in [6.45, 7) is 8.14. The van der Waals surface area contributed by atoms with Crippen LogP contribution >= 0.6 is 27.5 Å². The number of carbonyl (C=O) groups excluding carboxylic acids is 1. The van der Waals surface area contributed by atoms with Crippen molar-refractivity contribution in [3.05, 3.63) is 51.1 Å². The van der Waals surface area contributed by atoms with Crippen molar-refractivity contribution in [2.75, 3.05) is 13.2 Å². The minimum absolute atomic E-state index is 0.102. The van der Waals surface area contributed by atoms with E-state index in [0.29, 0.717) is 53.5 Å². The number of halogens is 2. The Bertz CT molecular complexity index is 1290. The number of allylic oxidation sites excluding steroid dienone is 4. The summed E-state index contributed by atoms with van der Waals surface area (Å²) < 4.78 is 8.94. The summed E-state index contributed by atoms with van der Waals surface area (Å²) in [5, 5.41) is 8.85. The molecule has 3 fully saturated rings. The first kappa shape index (κ1) is 24.3. The standard InChI is InChI=1S/C29H33BrClN3O2/c1-16-4-9-24(23(31)12-16)34-27-20-8-7-19(30)14-25(20)36-11-10-21(27)26(33-34)28(35)32-15-17-5-6-18-13-22(17)29(18,2)3/h7-9,12,14,16-18,22H,4-6,10-11,13,15H2,1-3H3,(H,32,35). The van der Waals surface area contributed by atoms with E-state index in [1.807, 2.05) is 22.9 Å². The fourth-order valence-corrected chi connectivity index (χ4v) is 7.61. The van der Waals surface area contributed by atoms with E-state index in [9.17, 15) is 4.79 Å². The Morgan fingerprint density at radius 2 is 2.17 bits per heavy atom. The van der Waals surface area contributed by atoms with Crippen LogP contribution in [-0.2, 0) is 6.42 Å². The molecule has 4 atom stereocenters. The second-order valence-corrected chi connectivity index (χ2v) is 12.9.